The molecule has 49 heavy (non-hydrogen) atoms. The van der Waals surface area contributed by atoms with E-state index in [9.17, 15) is 14.7 Å². The highest BCUT2D eigenvalue weighted by atomic mass is 32.2. The number of allylic oxidation sites excluding steroid dienone is 1. The predicted molar refractivity (Wildman–Crippen MR) is 222 cm³/mol. The number of carbonyl (C=O) groups is 2. The minimum Gasteiger partial charge on any atom is -0.480 e. The molecule has 6 nitrogen and oxygen atoms in total. The zero-order valence-electron chi connectivity index (χ0n) is 34.5. The second kappa shape index (κ2) is 43.4. The standard InChI is InChI=1S/C25H34N2O3S.C5H12.C4H8.C2H6O.3C2H6/c1-5-14-27(6-2)17-19-11-12-21(22(16-19)20-10-8-7-9-18(20)3)24(28)26-23(25(29)30)13-15-31-4;1-3-5-4-2;1-3-4-2;1-3-2;3*1-2/h7-12,16,23H,5-6,13-15,17H2,1-4H3,(H,26,28)(H,29,30);3-5H2,1-2H3;3H,1,4H2,2H3;1-2H3;3*1-2H3. The molecule has 2 aromatic carbocycles. The molecule has 0 aliphatic heterocycles. The van der Waals surface area contributed by atoms with Gasteiger partial charge in [0.25, 0.3) is 5.91 Å². The Kier molecular flexibility index (Phi) is 49.4. The van der Waals surface area contributed by atoms with Gasteiger partial charge in [0.1, 0.15) is 6.04 Å². The number of aryl methyl sites for hydroxylation is 1. The molecule has 286 valence electrons. The first-order valence-corrected chi connectivity index (χ1v) is 20.0. The Morgan fingerprint density at radius 1 is 0.918 bits per heavy atom. The van der Waals surface area contributed by atoms with Crippen LogP contribution in [0.1, 0.15) is 136 Å². The molecular formula is C42H78N2O4S. The van der Waals surface area contributed by atoms with Crippen LogP contribution in [0.2, 0.25) is 0 Å². The molecule has 2 rings (SSSR count). The first-order valence-electron chi connectivity index (χ1n) is 18.6. The fourth-order valence-corrected chi connectivity index (χ4v) is 4.46. The van der Waals surface area contributed by atoms with E-state index in [1.807, 2.05) is 97.2 Å². The van der Waals surface area contributed by atoms with E-state index in [2.05, 4.69) is 62.2 Å². The van der Waals surface area contributed by atoms with Crippen LogP contribution in [-0.2, 0) is 16.1 Å². The van der Waals surface area contributed by atoms with Crippen molar-refractivity contribution >= 4 is 23.6 Å². The zero-order valence-corrected chi connectivity index (χ0v) is 35.3. The Balaban J connectivity index is -0.000000300. The molecule has 0 heterocycles. The van der Waals surface area contributed by atoms with Gasteiger partial charge in [-0.05, 0) is 85.7 Å². The van der Waals surface area contributed by atoms with E-state index in [-0.39, 0.29) is 5.91 Å². The number of methoxy groups -OCH3 is 1. The summed E-state index contributed by atoms with van der Waals surface area (Å²) in [5.41, 5.74) is 4.56. The summed E-state index contributed by atoms with van der Waals surface area (Å²) in [6.45, 7) is 31.1. The number of carbonyl (C=O) groups excluding carboxylic acids is 1. The van der Waals surface area contributed by atoms with Crippen LogP contribution in [0.5, 0.6) is 0 Å². The summed E-state index contributed by atoms with van der Waals surface area (Å²) in [5.74, 6) is -0.681. The number of ether oxygens (including phenoxy) is 1. The monoisotopic (exact) mass is 707 g/mol. The number of carboxylic acid groups (broad SMARTS) is 1. The summed E-state index contributed by atoms with van der Waals surface area (Å²) in [7, 11) is 3.25. The highest BCUT2D eigenvalue weighted by Crippen LogP contribution is 2.29. The molecule has 0 fully saturated rings. The van der Waals surface area contributed by atoms with Gasteiger partial charge < -0.3 is 15.2 Å². The fraction of sp³-hybridized carbons (Fsp3) is 0.619. The number of nitrogens with zero attached hydrogens (tertiary/aromatic N) is 1. The molecule has 2 N–H and O–H groups in total. The van der Waals surface area contributed by atoms with Crippen molar-refractivity contribution in [3.8, 4) is 11.1 Å². The topological polar surface area (TPSA) is 78.9 Å². The number of benzene rings is 2. The molecule has 1 unspecified atom stereocenters. The van der Waals surface area contributed by atoms with Crippen molar-refractivity contribution in [2.24, 2.45) is 0 Å². The van der Waals surface area contributed by atoms with Gasteiger partial charge in [0.15, 0.2) is 0 Å². The average Bonchev–Trinajstić information content (AvgIpc) is 3.13. The fourth-order valence-electron chi connectivity index (χ4n) is 3.99. The Labute approximate surface area is 308 Å². The van der Waals surface area contributed by atoms with Crippen LogP contribution in [0.3, 0.4) is 0 Å². The van der Waals surface area contributed by atoms with Gasteiger partial charge in [-0.1, -0.05) is 132 Å². The summed E-state index contributed by atoms with van der Waals surface area (Å²) >= 11 is 1.57. The van der Waals surface area contributed by atoms with Crippen molar-refractivity contribution in [2.75, 3.05) is 39.3 Å². The third-order valence-electron chi connectivity index (χ3n) is 6.37. The predicted octanol–water partition coefficient (Wildman–Crippen LogP) is 12.0. The minimum atomic E-state index is -1.00. The van der Waals surface area contributed by atoms with E-state index >= 15 is 0 Å². The highest BCUT2D eigenvalue weighted by molar-refractivity contribution is 7.98. The van der Waals surface area contributed by atoms with Gasteiger partial charge in [0, 0.05) is 26.3 Å². The summed E-state index contributed by atoms with van der Waals surface area (Å²) in [6.07, 6.45) is 10.4. The first kappa shape index (κ1) is 55.8. The van der Waals surface area contributed by atoms with Crippen LogP contribution in [0, 0.1) is 6.92 Å². The molecule has 0 aliphatic rings. The molecule has 0 radical (unpaired) electrons. The van der Waals surface area contributed by atoms with Crippen molar-refractivity contribution in [3.05, 3.63) is 71.8 Å². The smallest absolute Gasteiger partial charge is 0.326 e. The zero-order chi connectivity index (χ0) is 39.0. The molecule has 0 spiro atoms. The first-order chi connectivity index (χ1) is 23.6. The van der Waals surface area contributed by atoms with Gasteiger partial charge in [-0.3, -0.25) is 9.69 Å². The number of unbranched alkanes of at least 4 members (excludes halogenated alkanes) is 2. The second-order valence-corrected chi connectivity index (χ2v) is 11.2. The van der Waals surface area contributed by atoms with E-state index < -0.39 is 12.0 Å². The average molecular weight is 707 g/mol. The molecule has 1 atom stereocenters. The molecule has 0 aliphatic carbocycles. The lowest BCUT2D eigenvalue weighted by Gasteiger charge is -2.21. The number of carboxylic acids is 1. The summed E-state index contributed by atoms with van der Waals surface area (Å²) in [4.78, 5) is 27.1. The number of hydrogen-bond acceptors (Lipinski definition) is 5. The molecule has 0 aromatic heterocycles. The van der Waals surface area contributed by atoms with E-state index in [0.29, 0.717) is 17.7 Å². The maximum atomic E-state index is 13.1. The lowest BCUT2D eigenvalue weighted by Crippen LogP contribution is -2.41. The van der Waals surface area contributed by atoms with Gasteiger partial charge in [-0.2, -0.15) is 11.8 Å². The lowest BCUT2D eigenvalue weighted by molar-refractivity contribution is -0.139. The molecule has 7 heteroatoms. The number of aliphatic carboxylic acids is 1. The SMILES string of the molecule is C=CCC.CC.CC.CC.CCCCC.CCCN(CC)Cc1ccc(C(=O)NC(CCSC)C(=O)O)c(-c2ccccc2C)c1.COC. The van der Waals surface area contributed by atoms with Crippen molar-refractivity contribution < 1.29 is 19.4 Å². The third kappa shape index (κ3) is 30.0. The van der Waals surface area contributed by atoms with Gasteiger partial charge in [-0.15, -0.1) is 6.58 Å². The van der Waals surface area contributed by atoms with E-state index in [4.69, 9.17) is 0 Å². The van der Waals surface area contributed by atoms with Gasteiger partial charge in [0.2, 0.25) is 0 Å². The maximum absolute atomic E-state index is 13.1. The Morgan fingerprint density at radius 2 is 1.45 bits per heavy atom. The largest absolute Gasteiger partial charge is 0.480 e. The van der Waals surface area contributed by atoms with Crippen LogP contribution >= 0.6 is 11.8 Å². The molecular weight excluding hydrogens is 629 g/mol. The Bertz CT molecular complexity index is 1010. The Hall–Kier alpha value is -2.61. The molecule has 0 saturated heterocycles. The molecule has 1 amide bonds. The quantitative estimate of drug-likeness (QED) is 0.180. The van der Waals surface area contributed by atoms with Crippen molar-refractivity contribution in [1.29, 1.82) is 0 Å². The summed E-state index contributed by atoms with van der Waals surface area (Å²) in [5, 5.41) is 12.2. The van der Waals surface area contributed by atoms with Gasteiger partial charge in [0.05, 0.1) is 0 Å². The van der Waals surface area contributed by atoms with E-state index in [1.165, 1.54) is 19.3 Å². The van der Waals surface area contributed by atoms with E-state index in [1.54, 1.807) is 26.0 Å². The number of hydrogen-bond donors (Lipinski definition) is 2. The summed E-state index contributed by atoms with van der Waals surface area (Å²) in [6, 6.07) is 13.0. The third-order valence-corrected chi connectivity index (χ3v) is 7.01. The van der Waals surface area contributed by atoms with Crippen LogP contribution < -0.4 is 5.32 Å². The number of nitrogens with one attached hydrogen (secondary N) is 1. The van der Waals surface area contributed by atoms with Crippen LogP contribution in [0.15, 0.2) is 55.1 Å². The normalized spacial score (nSPS) is 9.71. The van der Waals surface area contributed by atoms with Gasteiger partial charge in [-0.25, -0.2) is 4.79 Å². The number of thioether (sulfide) groups is 1. The van der Waals surface area contributed by atoms with Crippen molar-refractivity contribution in [3.63, 3.8) is 0 Å². The van der Waals surface area contributed by atoms with Gasteiger partial charge >= 0.3 is 5.97 Å². The van der Waals surface area contributed by atoms with E-state index in [0.717, 1.165) is 54.7 Å². The Morgan fingerprint density at radius 3 is 1.84 bits per heavy atom. The minimum absolute atomic E-state index is 0.348. The van der Waals surface area contributed by atoms with Crippen LogP contribution in [-0.4, -0.2) is 67.2 Å². The van der Waals surface area contributed by atoms with Crippen molar-refractivity contribution in [2.45, 2.75) is 134 Å². The van der Waals surface area contributed by atoms with Crippen molar-refractivity contribution in [1.82, 2.24) is 10.2 Å². The second-order valence-electron chi connectivity index (χ2n) is 10.2. The van der Waals surface area contributed by atoms with Crippen LogP contribution in [0.25, 0.3) is 11.1 Å². The van der Waals surface area contributed by atoms with Crippen LogP contribution in [0.4, 0.5) is 0 Å². The maximum Gasteiger partial charge on any atom is 0.326 e. The molecule has 2 aromatic rings. The summed E-state index contributed by atoms with van der Waals surface area (Å²) < 4.78 is 4.25. The lowest BCUT2D eigenvalue weighted by atomic mass is 9.93. The highest BCUT2D eigenvalue weighted by Gasteiger charge is 2.23. The molecule has 0 saturated carbocycles. The number of rotatable bonds is 15. The molecule has 0 bridgehead atoms. The number of amides is 1.